The van der Waals surface area contributed by atoms with E-state index in [1.807, 2.05) is 0 Å². The number of carboxylic acids is 1. The number of carbonyl (C=O) groups excluding carboxylic acids is 1. The number of aliphatic carboxylic acids is 1. The second-order valence-corrected chi connectivity index (χ2v) is 6.58. The Kier molecular flexibility index (Phi) is 5.05. The molecule has 1 aromatic heterocycles. The first-order valence-electron chi connectivity index (χ1n) is 8.41. The number of amides is 1. The minimum atomic E-state index is -4.70. The number of carboxylic acid groups (broad SMARTS) is 1. The lowest BCUT2D eigenvalue weighted by Gasteiger charge is -2.18. The van der Waals surface area contributed by atoms with Gasteiger partial charge >= 0.3 is 12.1 Å². The van der Waals surface area contributed by atoms with Crippen LogP contribution >= 0.6 is 0 Å². The molecule has 0 saturated carbocycles. The third-order valence-electron chi connectivity index (χ3n) is 4.77. The molecule has 0 bridgehead atoms. The fraction of sp³-hybridized carbons (Fsp3) is 0.389. The van der Waals surface area contributed by atoms with Gasteiger partial charge in [-0.2, -0.15) is 18.3 Å². The maximum atomic E-state index is 13.1. The van der Waals surface area contributed by atoms with Crippen LogP contribution in [-0.2, 0) is 4.79 Å². The Labute approximate surface area is 158 Å². The van der Waals surface area contributed by atoms with Crippen LogP contribution in [0.4, 0.5) is 13.2 Å². The number of rotatable bonds is 4. The molecule has 1 amide bonds. The number of halogens is 3. The summed E-state index contributed by atoms with van der Waals surface area (Å²) in [7, 11) is 1.53. The number of alkyl halides is 3. The van der Waals surface area contributed by atoms with Crippen molar-refractivity contribution in [2.24, 2.45) is 11.8 Å². The van der Waals surface area contributed by atoms with Gasteiger partial charge in [0.15, 0.2) is 5.69 Å². The number of aromatic nitrogens is 2. The predicted molar refractivity (Wildman–Crippen MR) is 91.4 cm³/mol. The topological polar surface area (TPSA) is 84.7 Å². The van der Waals surface area contributed by atoms with Crippen LogP contribution < -0.4 is 4.74 Å². The lowest BCUT2D eigenvalue weighted by atomic mass is 9.96. The first kappa shape index (κ1) is 19.7. The van der Waals surface area contributed by atoms with Crippen molar-refractivity contribution in [3.63, 3.8) is 0 Å². The number of carbonyl (C=O) groups is 2. The summed E-state index contributed by atoms with van der Waals surface area (Å²) in [6.07, 6.45) is -4.70. The summed E-state index contributed by atoms with van der Waals surface area (Å²) in [5.74, 6) is -5.45. The smallest absolute Gasteiger partial charge is 0.394 e. The van der Waals surface area contributed by atoms with Gasteiger partial charge in [0.25, 0.3) is 5.91 Å². The van der Waals surface area contributed by atoms with Crippen LogP contribution in [0.5, 0.6) is 5.75 Å². The maximum Gasteiger partial charge on any atom is 0.394 e. The van der Waals surface area contributed by atoms with Crippen molar-refractivity contribution < 1.29 is 32.6 Å². The zero-order valence-electron chi connectivity index (χ0n) is 15.1. The molecule has 0 aliphatic carbocycles. The third-order valence-corrected chi connectivity index (χ3v) is 4.77. The summed E-state index contributed by atoms with van der Waals surface area (Å²) in [6, 6.07) is 8.34. The van der Waals surface area contributed by atoms with Crippen LogP contribution in [0.15, 0.2) is 30.3 Å². The highest BCUT2D eigenvalue weighted by molar-refractivity contribution is 5.93. The van der Waals surface area contributed by atoms with E-state index in [-0.39, 0.29) is 5.69 Å². The molecule has 1 N–H and O–H groups in total. The van der Waals surface area contributed by atoms with Gasteiger partial charge < -0.3 is 14.7 Å². The molecule has 3 rings (SSSR count). The highest BCUT2D eigenvalue weighted by Crippen LogP contribution is 2.38. The van der Waals surface area contributed by atoms with Gasteiger partial charge in [0.1, 0.15) is 5.75 Å². The molecule has 28 heavy (non-hydrogen) atoms. The number of nitrogens with zero attached hydrogens (tertiary/aromatic N) is 3. The van der Waals surface area contributed by atoms with Gasteiger partial charge in [-0.1, -0.05) is 0 Å². The summed E-state index contributed by atoms with van der Waals surface area (Å²) in [4.78, 5) is 24.7. The molecule has 1 aromatic carbocycles. The number of hydrogen-bond donors (Lipinski definition) is 1. The van der Waals surface area contributed by atoms with Crippen molar-refractivity contribution in [1.82, 2.24) is 14.7 Å². The van der Waals surface area contributed by atoms with Crippen LogP contribution in [0.25, 0.3) is 5.69 Å². The molecule has 1 aliphatic heterocycles. The fourth-order valence-corrected chi connectivity index (χ4v) is 3.28. The predicted octanol–water partition coefficient (Wildman–Crippen LogP) is 2.52. The highest BCUT2D eigenvalue weighted by atomic mass is 19.4. The lowest BCUT2D eigenvalue weighted by Crippen LogP contribution is -2.34. The Morgan fingerprint density at radius 3 is 2.36 bits per heavy atom. The summed E-state index contributed by atoms with van der Waals surface area (Å²) in [5.41, 5.74) is 1.21. The molecule has 7 nitrogen and oxygen atoms in total. The van der Waals surface area contributed by atoms with Gasteiger partial charge in [0.05, 0.1) is 24.6 Å². The van der Waals surface area contributed by atoms with E-state index in [2.05, 4.69) is 5.10 Å². The molecule has 1 saturated heterocycles. The van der Waals surface area contributed by atoms with Crippen molar-refractivity contribution in [3.8, 4) is 11.4 Å². The molecule has 0 spiro atoms. The van der Waals surface area contributed by atoms with Crippen LogP contribution in [0.1, 0.15) is 16.2 Å². The second kappa shape index (κ2) is 7.17. The molecule has 0 unspecified atom stereocenters. The molecule has 10 heteroatoms. The fourth-order valence-electron chi connectivity index (χ4n) is 3.28. The molecule has 2 aromatic rings. The summed E-state index contributed by atoms with van der Waals surface area (Å²) in [5, 5.41) is 13.3. The van der Waals surface area contributed by atoms with Crippen molar-refractivity contribution in [2.45, 2.75) is 13.1 Å². The van der Waals surface area contributed by atoms with Crippen molar-refractivity contribution >= 4 is 11.9 Å². The molecule has 0 radical (unpaired) electrons. The number of ether oxygens (including phenoxy) is 1. The number of methoxy groups -OCH3 is 1. The standard InChI is InChI=1S/C18H18F3N3O4/c1-10-7-15(22-24(10)11-3-5-12(28-2)6-4-11)16(25)23-8-13(17(26)27)14(9-23)18(19,20)21/h3-7,13-14H,8-9H2,1-2H3,(H,26,27)/t13-,14-/m1/s1. The van der Waals surface area contributed by atoms with E-state index >= 15 is 0 Å². The monoisotopic (exact) mass is 397 g/mol. The Balaban J connectivity index is 1.84. The molecule has 2 heterocycles. The molecule has 1 aliphatic rings. The van der Waals surface area contributed by atoms with Crippen molar-refractivity contribution in [2.75, 3.05) is 20.2 Å². The normalized spacial score (nSPS) is 19.7. The Morgan fingerprint density at radius 2 is 1.86 bits per heavy atom. The SMILES string of the molecule is COc1ccc(-n2nc(C(=O)N3C[C@@H](C(F)(F)F)[C@H](C(=O)O)C3)cc2C)cc1. The molecule has 150 valence electrons. The Morgan fingerprint density at radius 1 is 1.21 bits per heavy atom. The summed E-state index contributed by atoms with van der Waals surface area (Å²) >= 11 is 0. The summed E-state index contributed by atoms with van der Waals surface area (Å²) in [6.45, 7) is 0.497. The number of likely N-dealkylation sites (tertiary alicyclic amines) is 1. The molecule has 2 atom stereocenters. The quantitative estimate of drug-likeness (QED) is 0.857. The zero-order chi connectivity index (χ0) is 20.6. The highest BCUT2D eigenvalue weighted by Gasteiger charge is 2.53. The van der Waals surface area contributed by atoms with E-state index in [0.717, 1.165) is 4.90 Å². The molecule has 1 fully saturated rings. The minimum absolute atomic E-state index is 0.0414. The molecular formula is C18H18F3N3O4. The van der Waals surface area contributed by atoms with E-state index in [9.17, 15) is 22.8 Å². The van der Waals surface area contributed by atoms with Crippen LogP contribution in [0.2, 0.25) is 0 Å². The second-order valence-electron chi connectivity index (χ2n) is 6.58. The minimum Gasteiger partial charge on any atom is -0.497 e. The third kappa shape index (κ3) is 3.67. The van der Waals surface area contributed by atoms with E-state index in [1.54, 1.807) is 31.2 Å². The van der Waals surface area contributed by atoms with Gasteiger partial charge in [-0.05, 0) is 37.3 Å². The first-order chi connectivity index (χ1) is 13.1. The zero-order valence-corrected chi connectivity index (χ0v) is 15.1. The van der Waals surface area contributed by atoms with Crippen LogP contribution in [0, 0.1) is 18.8 Å². The van der Waals surface area contributed by atoms with Gasteiger partial charge in [0.2, 0.25) is 0 Å². The Hall–Kier alpha value is -3.04. The van der Waals surface area contributed by atoms with Gasteiger partial charge in [-0.25, -0.2) is 4.68 Å². The average molecular weight is 397 g/mol. The van der Waals surface area contributed by atoms with Gasteiger partial charge in [-0.3, -0.25) is 9.59 Å². The number of aryl methyl sites for hydroxylation is 1. The van der Waals surface area contributed by atoms with E-state index in [1.165, 1.54) is 17.9 Å². The van der Waals surface area contributed by atoms with Gasteiger partial charge in [0, 0.05) is 18.8 Å². The largest absolute Gasteiger partial charge is 0.497 e. The molecular weight excluding hydrogens is 379 g/mol. The summed E-state index contributed by atoms with van der Waals surface area (Å²) < 4.78 is 46.0. The van der Waals surface area contributed by atoms with Crippen LogP contribution in [-0.4, -0.2) is 58.0 Å². The van der Waals surface area contributed by atoms with Gasteiger partial charge in [-0.15, -0.1) is 0 Å². The number of benzene rings is 1. The Bertz CT molecular complexity index is 892. The maximum absolute atomic E-state index is 13.1. The van der Waals surface area contributed by atoms with Crippen molar-refractivity contribution in [3.05, 3.63) is 41.7 Å². The average Bonchev–Trinajstić information content (AvgIpc) is 3.25. The van der Waals surface area contributed by atoms with Crippen molar-refractivity contribution in [1.29, 1.82) is 0 Å². The van der Waals surface area contributed by atoms with E-state index in [0.29, 0.717) is 17.1 Å². The van der Waals surface area contributed by atoms with Crippen LogP contribution in [0.3, 0.4) is 0 Å². The lowest BCUT2D eigenvalue weighted by molar-refractivity contribution is -0.187. The number of hydrogen-bond acceptors (Lipinski definition) is 4. The van der Waals surface area contributed by atoms with E-state index in [4.69, 9.17) is 9.84 Å². The first-order valence-corrected chi connectivity index (χ1v) is 8.41. The van der Waals surface area contributed by atoms with E-state index < -0.39 is 43.0 Å².